The zero-order chi connectivity index (χ0) is 18.0. The van der Waals surface area contributed by atoms with Gasteiger partial charge in [0.05, 0.1) is 11.5 Å². The Hall–Kier alpha value is -1.45. The SMILES string of the molecule is CC(=O)C(c1ccc(Br)cc1)(c1ccccc1C)C1CCC(O)CC1. The molecule has 2 nitrogen and oxygen atoms in total. The second kappa shape index (κ2) is 7.43. The molecule has 1 N–H and O–H groups in total. The second-order valence-corrected chi connectivity index (χ2v) is 8.11. The summed E-state index contributed by atoms with van der Waals surface area (Å²) in [4.78, 5) is 13.2. The number of benzene rings is 2. The molecule has 0 bridgehead atoms. The highest BCUT2D eigenvalue weighted by atomic mass is 79.9. The molecule has 2 aromatic rings. The summed E-state index contributed by atoms with van der Waals surface area (Å²) < 4.78 is 1.01. The largest absolute Gasteiger partial charge is 0.393 e. The molecule has 3 rings (SSSR count). The summed E-state index contributed by atoms with van der Waals surface area (Å²) in [5, 5.41) is 9.97. The monoisotopic (exact) mass is 400 g/mol. The van der Waals surface area contributed by atoms with Crippen molar-refractivity contribution in [3.05, 3.63) is 69.7 Å². The number of hydrogen-bond acceptors (Lipinski definition) is 2. The molecule has 1 aliphatic rings. The van der Waals surface area contributed by atoms with Crippen LogP contribution in [0, 0.1) is 12.8 Å². The number of hydrogen-bond donors (Lipinski definition) is 1. The van der Waals surface area contributed by atoms with Crippen LogP contribution in [0.5, 0.6) is 0 Å². The van der Waals surface area contributed by atoms with E-state index in [1.54, 1.807) is 6.92 Å². The Labute approximate surface area is 158 Å². The molecule has 0 aromatic heterocycles. The number of aliphatic hydroxyl groups is 1. The number of halogens is 1. The van der Waals surface area contributed by atoms with Crippen molar-refractivity contribution >= 4 is 21.7 Å². The lowest BCUT2D eigenvalue weighted by Crippen LogP contribution is -2.45. The Morgan fingerprint density at radius 1 is 1.04 bits per heavy atom. The fourth-order valence-electron chi connectivity index (χ4n) is 4.53. The molecule has 3 heteroatoms. The van der Waals surface area contributed by atoms with Gasteiger partial charge in [0.25, 0.3) is 0 Å². The van der Waals surface area contributed by atoms with Crippen LogP contribution in [0.3, 0.4) is 0 Å². The van der Waals surface area contributed by atoms with Crippen LogP contribution < -0.4 is 0 Å². The van der Waals surface area contributed by atoms with Gasteiger partial charge in [0.1, 0.15) is 5.78 Å². The maximum Gasteiger partial charge on any atom is 0.145 e. The Morgan fingerprint density at radius 3 is 2.20 bits per heavy atom. The van der Waals surface area contributed by atoms with E-state index in [9.17, 15) is 9.90 Å². The van der Waals surface area contributed by atoms with Crippen molar-refractivity contribution in [2.45, 2.75) is 51.0 Å². The fraction of sp³-hybridized carbons (Fsp3) is 0.409. The van der Waals surface area contributed by atoms with Crippen molar-refractivity contribution < 1.29 is 9.90 Å². The third-order valence-corrected chi connectivity index (χ3v) is 6.26. The predicted octanol–water partition coefficient (Wildman–Crippen LogP) is 5.18. The molecular formula is C22H25BrO2. The van der Waals surface area contributed by atoms with E-state index < -0.39 is 5.41 Å². The standard InChI is InChI=1S/C22H25BrO2/c1-15-5-3-4-6-21(15)22(16(2)24,17-7-11-19(23)12-8-17)18-9-13-20(25)14-10-18/h3-8,11-12,18,20,25H,9-10,13-14H2,1-2H3. The van der Waals surface area contributed by atoms with Crippen molar-refractivity contribution in [2.24, 2.45) is 5.92 Å². The van der Waals surface area contributed by atoms with Crippen LogP contribution in [0.4, 0.5) is 0 Å². The summed E-state index contributed by atoms with van der Waals surface area (Å²) in [5.41, 5.74) is 2.66. The van der Waals surface area contributed by atoms with Crippen LogP contribution >= 0.6 is 15.9 Å². The molecule has 0 heterocycles. The summed E-state index contributed by atoms with van der Waals surface area (Å²) in [7, 11) is 0. The second-order valence-electron chi connectivity index (χ2n) is 7.19. The molecule has 0 saturated heterocycles. The quantitative estimate of drug-likeness (QED) is 0.766. The first-order valence-corrected chi connectivity index (χ1v) is 9.76. The Kier molecular flexibility index (Phi) is 5.45. The predicted molar refractivity (Wildman–Crippen MR) is 105 cm³/mol. The van der Waals surface area contributed by atoms with Crippen LogP contribution in [0.15, 0.2) is 53.0 Å². The van der Waals surface area contributed by atoms with Crippen LogP contribution in [0.25, 0.3) is 0 Å². The molecule has 1 saturated carbocycles. The highest BCUT2D eigenvalue weighted by Gasteiger charge is 2.47. The van der Waals surface area contributed by atoms with Gasteiger partial charge in [0, 0.05) is 4.47 Å². The first-order valence-electron chi connectivity index (χ1n) is 8.97. The maximum absolute atomic E-state index is 13.2. The van der Waals surface area contributed by atoms with Gasteiger partial charge in [-0.2, -0.15) is 0 Å². The molecule has 25 heavy (non-hydrogen) atoms. The van der Waals surface area contributed by atoms with E-state index in [1.807, 2.05) is 24.3 Å². The first kappa shape index (κ1) is 18.3. The van der Waals surface area contributed by atoms with Gasteiger partial charge in [-0.3, -0.25) is 4.79 Å². The van der Waals surface area contributed by atoms with E-state index in [0.29, 0.717) is 0 Å². The Morgan fingerprint density at radius 2 is 1.64 bits per heavy atom. The third-order valence-electron chi connectivity index (χ3n) is 5.73. The van der Waals surface area contributed by atoms with E-state index in [2.05, 4.69) is 47.1 Å². The molecule has 0 radical (unpaired) electrons. The number of aliphatic hydroxyl groups excluding tert-OH is 1. The smallest absolute Gasteiger partial charge is 0.145 e. The van der Waals surface area contributed by atoms with Gasteiger partial charge < -0.3 is 5.11 Å². The van der Waals surface area contributed by atoms with E-state index in [0.717, 1.165) is 46.8 Å². The first-order chi connectivity index (χ1) is 12.0. The molecule has 1 aliphatic carbocycles. The van der Waals surface area contributed by atoms with E-state index >= 15 is 0 Å². The minimum absolute atomic E-state index is 0.186. The van der Waals surface area contributed by atoms with Crippen LogP contribution in [-0.4, -0.2) is 17.0 Å². The average molecular weight is 401 g/mol. The number of Topliss-reactive ketones (excluding diaryl/α,β-unsaturated/α-hetero) is 1. The zero-order valence-electron chi connectivity index (χ0n) is 14.8. The van der Waals surface area contributed by atoms with Crippen LogP contribution in [0.1, 0.15) is 49.3 Å². The number of ketones is 1. The van der Waals surface area contributed by atoms with Crippen molar-refractivity contribution in [1.29, 1.82) is 0 Å². The van der Waals surface area contributed by atoms with Gasteiger partial charge in [-0.05, 0) is 74.3 Å². The van der Waals surface area contributed by atoms with Gasteiger partial charge in [-0.25, -0.2) is 0 Å². The van der Waals surface area contributed by atoms with Crippen molar-refractivity contribution in [1.82, 2.24) is 0 Å². The number of carbonyl (C=O) groups is 1. The Balaban J connectivity index is 2.23. The maximum atomic E-state index is 13.2. The van der Waals surface area contributed by atoms with E-state index in [1.165, 1.54) is 0 Å². The summed E-state index contributed by atoms with van der Waals surface area (Å²) >= 11 is 3.51. The number of aryl methyl sites for hydroxylation is 1. The fourth-order valence-corrected chi connectivity index (χ4v) is 4.79. The third kappa shape index (κ3) is 3.32. The molecule has 132 valence electrons. The van der Waals surface area contributed by atoms with Gasteiger partial charge in [-0.1, -0.05) is 52.3 Å². The van der Waals surface area contributed by atoms with E-state index in [-0.39, 0.29) is 17.8 Å². The molecule has 0 spiro atoms. The molecule has 1 unspecified atom stereocenters. The van der Waals surface area contributed by atoms with Crippen LogP contribution in [-0.2, 0) is 10.2 Å². The molecule has 1 atom stereocenters. The Bertz CT molecular complexity index is 745. The lowest BCUT2D eigenvalue weighted by molar-refractivity contribution is -0.123. The van der Waals surface area contributed by atoms with Crippen LogP contribution in [0.2, 0.25) is 0 Å². The lowest BCUT2D eigenvalue weighted by Gasteiger charge is -2.43. The number of rotatable bonds is 4. The minimum Gasteiger partial charge on any atom is -0.393 e. The average Bonchev–Trinajstić information content (AvgIpc) is 2.59. The zero-order valence-corrected chi connectivity index (χ0v) is 16.4. The highest BCUT2D eigenvalue weighted by molar-refractivity contribution is 9.10. The topological polar surface area (TPSA) is 37.3 Å². The highest BCUT2D eigenvalue weighted by Crippen LogP contribution is 2.47. The normalized spacial score (nSPS) is 23.0. The lowest BCUT2D eigenvalue weighted by atomic mass is 9.58. The van der Waals surface area contributed by atoms with E-state index in [4.69, 9.17) is 0 Å². The molecular weight excluding hydrogens is 376 g/mol. The number of carbonyl (C=O) groups excluding carboxylic acids is 1. The summed E-state index contributed by atoms with van der Waals surface area (Å²) in [6, 6.07) is 16.4. The molecule has 2 aromatic carbocycles. The molecule has 0 aliphatic heterocycles. The molecule has 1 fully saturated rings. The van der Waals surface area contributed by atoms with Crippen molar-refractivity contribution in [2.75, 3.05) is 0 Å². The van der Waals surface area contributed by atoms with Gasteiger partial charge in [0.15, 0.2) is 0 Å². The molecule has 0 amide bonds. The van der Waals surface area contributed by atoms with Gasteiger partial charge in [0.2, 0.25) is 0 Å². The van der Waals surface area contributed by atoms with Crippen molar-refractivity contribution in [3.8, 4) is 0 Å². The van der Waals surface area contributed by atoms with Gasteiger partial charge >= 0.3 is 0 Å². The minimum atomic E-state index is -0.647. The summed E-state index contributed by atoms with van der Waals surface area (Å²) in [6.45, 7) is 3.81. The summed E-state index contributed by atoms with van der Waals surface area (Å²) in [6.07, 6.45) is 3.03. The van der Waals surface area contributed by atoms with Crippen molar-refractivity contribution in [3.63, 3.8) is 0 Å². The van der Waals surface area contributed by atoms with Gasteiger partial charge in [-0.15, -0.1) is 0 Å². The summed E-state index contributed by atoms with van der Waals surface area (Å²) in [5.74, 6) is 0.390.